The number of hydrogen-bond donors (Lipinski definition) is 1. The van der Waals surface area contributed by atoms with E-state index in [-0.39, 0.29) is 27.6 Å². The topological polar surface area (TPSA) is 118 Å². The van der Waals surface area contributed by atoms with Crippen molar-refractivity contribution >= 4 is 44.6 Å². The molecule has 1 aliphatic heterocycles. The van der Waals surface area contributed by atoms with Gasteiger partial charge < -0.3 is 5.11 Å². The van der Waals surface area contributed by atoms with Gasteiger partial charge in [0.05, 0.1) is 10.8 Å². The van der Waals surface area contributed by atoms with E-state index in [4.69, 9.17) is 16.7 Å². The normalized spacial score (nSPS) is 23.3. The molecule has 116 valence electrons. The van der Waals surface area contributed by atoms with Crippen molar-refractivity contribution in [3.05, 3.63) is 20.5 Å². The van der Waals surface area contributed by atoms with Gasteiger partial charge in [-0.2, -0.15) is 4.31 Å². The van der Waals surface area contributed by atoms with E-state index in [0.29, 0.717) is 11.3 Å². The molecule has 1 N–H and O–H groups in total. The molecular weight excluding hydrogens is 344 g/mol. The van der Waals surface area contributed by atoms with Gasteiger partial charge in [-0.1, -0.05) is 18.5 Å². The largest absolute Gasteiger partial charge is 0.481 e. The number of halogens is 1. The average Bonchev–Trinajstić information content (AvgIpc) is 2.93. The summed E-state index contributed by atoms with van der Waals surface area (Å²) >= 11 is 6.25. The maximum absolute atomic E-state index is 12.4. The summed E-state index contributed by atoms with van der Waals surface area (Å²) in [4.78, 5) is 21.0. The van der Waals surface area contributed by atoms with Crippen molar-refractivity contribution in [2.45, 2.75) is 11.1 Å². The average molecular weight is 355 g/mol. The molecule has 8 nitrogen and oxygen atoms in total. The summed E-state index contributed by atoms with van der Waals surface area (Å²) in [5.74, 6) is -2.18. The van der Waals surface area contributed by atoms with Crippen LogP contribution in [0.25, 0.3) is 0 Å². The quantitative estimate of drug-likeness (QED) is 0.648. The first-order valence-electron chi connectivity index (χ1n) is 5.81. The zero-order valence-corrected chi connectivity index (χ0v) is 13.1. The van der Waals surface area contributed by atoms with E-state index >= 15 is 0 Å². The predicted molar refractivity (Wildman–Crippen MR) is 75.0 cm³/mol. The first-order valence-corrected chi connectivity index (χ1v) is 8.44. The third kappa shape index (κ3) is 2.89. The first-order chi connectivity index (χ1) is 9.64. The molecule has 2 atom stereocenters. The monoisotopic (exact) mass is 354 g/mol. The Kier molecular flexibility index (Phi) is 4.24. The van der Waals surface area contributed by atoms with E-state index in [0.717, 1.165) is 10.4 Å². The van der Waals surface area contributed by atoms with Gasteiger partial charge >= 0.3 is 5.97 Å². The Balaban J connectivity index is 2.33. The van der Waals surface area contributed by atoms with Gasteiger partial charge in [-0.05, 0) is 5.92 Å². The van der Waals surface area contributed by atoms with Crippen LogP contribution in [-0.2, 0) is 14.8 Å². The molecule has 0 amide bonds. The Morgan fingerprint density at radius 1 is 1.57 bits per heavy atom. The van der Waals surface area contributed by atoms with Crippen molar-refractivity contribution in [3.63, 3.8) is 0 Å². The minimum Gasteiger partial charge on any atom is -0.481 e. The molecule has 1 aliphatic rings. The number of carboxylic acids is 1. The number of sulfonamides is 1. The molecule has 0 aliphatic carbocycles. The Morgan fingerprint density at radius 2 is 2.19 bits per heavy atom. The highest BCUT2D eigenvalue weighted by molar-refractivity contribution is 7.91. The van der Waals surface area contributed by atoms with Crippen LogP contribution in [0.4, 0.5) is 5.69 Å². The number of aliphatic carboxylic acids is 1. The number of thiophene rings is 1. The maximum atomic E-state index is 12.4. The molecule has 2 rings (SSSR count). The molecule has 0 saturated carbocycles. The van der Waals surface area contributed by atoms with Crippen LogP contribution in [-0.4, -0.2) is 41.8 Å². The molecule has 11 heteroatoms. The van der Waals surface area contributed by atoms with Gasteiger partial charge in [-0.25, -0.2) is 8.42 Å². The fraction of sp³-hybridized carbons (Fsp3) is 0.500. The number of carbonyl (C=O) groups is 1. The SMILES string of the molecule is C[C@@H]1CN(S(=O)(=O)c2cc([N+](=O)[O-])c(Cl)s2)C[C@H]1C(=O)O. The third-order valence-electron chi connectivity index (χ3n) is 3.33. The van der Waals surface area contributed by atoms with E-state index in [1.54, 1.807) is 6.92 Å². The van der Waals surface area contributed by atoms with E-state index in [9.17, 15) is 23.3 Å². The Labute approximate surface area is 129 Å². The summed E-state index contributed by atoms with van der Waals surface area (Å²) in [5, 5.41) is 19.7. The van der Waals surface area contributed by atoms with Gasteiger partial charge in [0.15, 0.2) is 4.34 Å². The molecule has 2 heterocycles. The third-order valence-corrected chi connectivity index (χ3v) is 6.95. The van der Waals surface area contributed by atoms with Crippen LogP contribution >= 0.6 is 22.9 Å². The zero-order chi connectivity index (χ0) is 15.9. The number of hydrogen-bond acceptors (Lipinski definition) is 6. The molecular formula is C10H11ClN2O6S2. The van der Waals surface area contributed by atoms with Crippen molar-refractivity contribution in [3.8, 4) is 0 Å². The lowest BCUT2D eigenvalue weighted by atomic mass is 9.99. The number of rotatable bonds is 4. The summed E-state index contributed by atoms with van der Waals surface area (Å²) in [6, 6.07) is 0.904. The first kappa shape index (κ1) is 16.1. The summed E-state index contributed by atoms with van der Waals surface area (Å²) in [5.41, 5.74) is -0.470. The van der Waals surface area contributed by atoms with E-state index in [2.05, 4.69) is 0 Å². The zero-order valence-electron chi connectivity index (χ0n) is 10.7. The molecule has 0 unspecified atom stereocenters. The molecule has 1 fully saturated rings. The lowest BCUT2D eigenvalue weighted by Gasteiger charge is -2.14. The van der Waals surface area contributed by atoms with Crippen molar-refractivity contribution in [1.29, 1.82) is 0 Å². The molecule has 21 heavy (non-hydrogen) atoms. The highest BCUT2D eigenvalue weighted by Crippen LogP contribution is 2.39. The van der Waals surface area contributed by atoms with E-state index in [1.807, 2.05) is 0 Å². The van der Waals surface area contributed by atoms with E-state index < -0.39 is 32.5 Å². The van der Waals surface area contributed by atoms with E-state index in [1.165, 1.54) is 0 Å². The predicted octanol–water partition coefficient (Wildman–Crippen LogP) is 1.65. The summed E-state index contributed by atoms with van der Waals surface area (Å²) in [6.07, 6.45) is 0. The van der Waals surface area contributed by atoms with Gasteiger partial charge in [0.25, 0.3) is 15.7 Å². The van der Waals surface area contributed by atoms with Crippen molar-refractivity contribution < 1.29 is 23.2 Å². The Bertz CT molecular complexity index is 700. The molecule has 0 radical (unpaired) electrons. The maximum Gasteiger partial charge on any atom is 0.308 e. The van der Waals surface area contributed by atoms with Crippen LogP contribution in [0.3, 0.4) is 0 Å². The second-order valence-electron chi connectivity index (χ2n) is 4.73. The number of nitrogens with zero attached hydrogens (tertiary/aromatic N) is 2. The van der Waals surface area contributed by atoms with Crippen LogP contribution in [0.2, 0.25) is 4.34 Å². The molecule has 1 aromatic rings. The minimum atomic E-state index is -3.97. The minimum absolute atomic E-state index is 0.0582. The van der Waals surface area contributed by atoms with Gasteiger partial charge in [-0.15, -0.1) is 11.3 Å². The van der Waals surface area contributed by atoms with Crippen LogP contribution in [0.15, 0.2) is 10.3 Å². The molecule has 0 bridgehead atoms. The lowest BCUT2D eigenvalue weighted by Crippen LogP contribution is -2.29. The van der Waals surface area contributed by atoms with Crippen LogP contribution in [0.5, 0.6) is 0 Å². The van der Waals surface area contributed by atoms with Gasteiger partial charge in [-0.3, -0.25) is 14.9 Å². The van der Waals surface area contributed by atoms with Gasteiger partial charge in [0, 0.05) is 19.2 Å². The second kappa shape index (κ2) is 5.52. The standard InChI is InChI=1S/C10H11ClN2O6S2/c1-5-3-12(4-6(5)10(14)15)21(18,19)8-2-7(13(16)17)9(11)20-8/h2,5-6H,3-4H2,1H3,(H,14,15)/t5-,6-/m1/s1. The fourth-order valence-corrected chi connectivity index (χ4v) is 5.54. The van der Waals surface area contributed by atoms with Crippen molar-refractivity contribution in [1.82, 2.24) is 4.31 Å². The molecule has 1 aromatic heterocycles. The van der Waals surface area contributed by atoms with Crippen molar-refractivity contribution in [2.24, 2.45) is 11.8 Å². The lowest BCUT2D eigenvalue weighted by molar-refractivity contribution is -0.384. The summed E-state index contributed by atoms with van der Waals surface area (Å²) in [6.45, 7) is 1.56. The van der Waals surface area contributed by atoms with Gasteiger partial charge in [0.2, 0.25) is 0 Å². The summed E-state index contributed by atoms with van der Waals surface area (Å²) < 4.78 is 25.4. The number of carboxylic acid groups (broad SMARTS) is 1. The van der Waals surface area contributed by atoms with Gasteiger partial charge in [0.1, 0.15) is 4.21 Å². The van der Waals surface area contributed by atoms with Crippen LogP contribution < -0.4 is 0 Å². The van der Waals surface area contributed by atoms with Crippen LogP contribution in [0.1, 0.15) is 6.92 Å². The molecule has 1 saturated heterocycles. The molecule has 0 aromatic carbocycles. The second-order valence-corrected chi connectivity index (χ2v) is 8.54. The van der Waals surface area contributed by atoms with Crippen molar-refractivity contribution in [2.75, 3.05) is 13.1 Å². The highest BCUT2D eigenvalue weighted by Gasteiger charge is 2.42. The Hall–Kier alpha value is -1.23. The highest BCUT2D eigenvalue weighted by atomic mass is 35.5. The number of nitro groups is 1. The fourth-order valence-electron chi connectivity index (χ4n) is 2.16. The summed E-state index contributed by atoms with van der Waals surface area (Å²) in [7, 11) is -3.97. The Morgan fingerprint density at radius 3 is 2.62 bits per heavy atom. The van der Waals surface area contributed by atoms with Crippen LogP contribution in [0, 0.1) is 22.0 Å². The molecule has 0 spiro atoms. The smallest absolute Gasteiger partial charge is 0.308 e.